The van der Waals surface area contributed by atoms with Crippen LogP contribution in [0.5, 0.6) is 0 Å². The van der Waals surface area contributed by atoms with E-state index in [1.165, 1.54) is 31.2 Å². The van der Waals surface area contributed by atoms with Gasteiger partial charge in [0.1, 0.15) is 0 Å². The molecule has 1 N–H and O–H groups in total. The molecule has 1 aromatic carbocycles. The summed E-state index contributed by atoms with van der Waals surface area (Å²) in [5, 5.41) is 4.27. The second-order valence-electron chi connectivity index (χ2n) is 7.80. The molecule has 5 rings (SSSR count). The first-order valence-electron chi connectivity index (χ1n) is 10.1. The molecule has 1 aliphatic heterocycles. The van der Waals surface area contributed by atoms with Gasteiger partial charge in [-0.1, -0.05) is 34.8 Å². The third kappa shape index (κ3) is 3.60. The van der Waals surface area contributed by atoms with Gasteiger partial charge in [-0.2, -0.15) is 0 Å². The molecular weight excluding hydrogens is 444 g/mol. The second kappa shape index (κ2) is 7.92. The Morgan fingerprint density at radius 1 is 1.03 bits per heavy atom. The van der Waals surface area contributed by atoms with Crippen LogP contribution in [0, 0.1) is 0 Å². The summed E-state index contributed by atoms with van der Waals surface area (Å²) >= 11 is 9.33. The van der Waals surface area contributed by atoms with Crippen LogP contribution >= 0.6 is 28.1 Å². The predicted octanol–water partition coefficient (Wildman–Crippen LogP) is 5.94. The van der Waals surface area contributed by atoms with Gasteiger partial charge in [0.2, 0.25) is 0 Å². The Balaban J connectivity index is 1.56. The van der Waals surface area contributed by atoms with Crippen molar-refractivity contribution in [3.05, 3.63) is 82.9 Å². The topological polar surface area (TPSA) is 33.1 Å². The van der Waals surface area contributed by atoms with Gasteiger partial charge in [0.15, 0.2) is 5.11 Å². The molecule has 0 spiro atoms. The first-order chi connectivity index (χ1) is 14.2. The molecular formula is C23H23BrN4S. The second-order valence-corrected chi connectivity index (χ2v) is 9.11. The zero-order valence-electron chi connectivity index (χ0n) is 16.0. The molecule has 0 amide bonds. The van der Waals surface area contributed by atoms with Crippen molar-refractivity contribution in [2.24, 2.45) is 0 Å². The average Bonchev–Trinajstić information content (AvgIpc) is 3.49. The highest BCUT2D eigenvalue weighted by Gasteiger charge is 2.41. The van der Waals surface area contributed by atoms with Crippen LogP contribution in [0.4, 0.5) is 5.69 Å². The molecule has 4 nitrogen and oxygen atoms in total. The molecule has 1 aliphatic carbocycles. The fraction of sp³-hybridized carbons (Fsp3) is 0.304. The first-order valence-corrected chi connectivity index (χ1v) is 11.3. The van der Waals surface area contributed by atoms with E-state index in [-0.39, 0.29) is 12.1 Å². The van der Waals surface area contributed by atoms with Crippen LogP contribution in [0.3, 0.4) is 0 Å². The Kier molecular flexibility index (Phi) is 5.14. The van der Waals surface area contributed by atoms with Crippen molar-refractivity contribution in [1.29, 1.82) is 0 Å². The SMILES string of the molecule is S=C1N[C@H](c2ccccn2)[C@H](c2ccn(C3CCCC3)c2)N1c1ccc(Br)cc1. The van der Waals surface area contributed by atoms with Crippen LogP contribution in [-0.2, 0) is 0 Å². The number of benzene rings is 1. The number of pyridine rings is 1. The lowest BCUT2D eigenvalue weighted by Gasteiger charge is -2.27. The average molecular weight is 467 g/mol. The summed E-state index contributed by atoms with van der Waals surface area (Å²) in [6, 6.07) is 17.4. The lowest BCUT2D eigenvalue weighted by molar-refractivity contribution is 0.515. The molecule has 148 valence electrons. The Morgan fingerprint density at radius 3 is 2.55 bits per heavy atom. The maximum atomic E-state index is 5.79. The lowest BCUT2D eigenvalue weighted by Crippen LogP contribution is -2.29. The third-order valence-electron chi connectivity index (χ3n) is 6.03. The fourth-order valence-corrected chi connectivity index (χ4v) is 5.22. The monoisotopic (exact) mass is 466 g/mol. The van der Waals surface area contributed by atoms with E-state index in [2.05, 4.69) is 84.5 Å². The van der Waals surface area contributed by atoms with Crippen LogP contribution in [0.25, 0.3) is 0 Å². The lowest BCUT2D eigenvalue weighted by atomic mass is 9.98. The fourth-order valence-electron chi connectivity index (χ4n) is 4.61. The van der Waals surface area contributed by atoms with E-state index in [1.54, 1.807) is 0 Å². The molecule has 2 aromatic heterocycles. The highest BCUT2D eigenvalue weighted by Crippen LogP contribution is 2.42. The summed E-state index contributed by atoms with van der Waals surface area (Å²) in [4.78, 5) is 6.87. The van der Waals surface area contributed by atoms with Crippen molar-refractivity contribution in [3.8, 4) is 0 Å². The molecule has 6 heteroatoms. The van der Waals surface area contributed by atoms with Crippen molar-refractivity contribution in [3.63, 3.8) is 0 Å². The Hall–Kier alpha value is -2.18. The molecule has 0 bridgehead atoms. The van der Waals surface area contributed by atoms with Crippen molar-refractivity contribution in [1.82, 2.24) is 14.9 Å². The quantitative estimate of drug-likeness (QED) is 0.482. The van der Waals surface area contributed by atoms with Gasteiger partial charge in [0, 0.05) is 34.8 Å². The van der Waals surface area contributed by atoms with Gasteiger partial charge in [0.25, 0.3) is 0 Å². The Morgan fingerprint density at radius 2 is 1.83 bits per heavy atom. The van der Waals surface area contributed by atoms with Crippen LogP contribution in [0.2, 0.25) is 0 Å². The summed E-state index contributed by atoms with van der Waals surface area (Å²) in [5.74, 6) is 0. The van der Waals surface area contributed by atoms with E-state index in [9.17, 15) is 0 Å². The molecule has 2 aliphatic rings. The number of halogens is 1. The number of nitrogens with zero attached hydrogens (tertiary/aromatic N) is 3. The van der Waals surface area contributed by atoms with E-state index in [1.807, 2.05) is 18.3 Å². The van der Waals surface area contributed by atoms with E-state index < -0.39 is 0 Å². The van der Waals surface area contributed by atoms with E-state index in [0.29, 0.717) is 6.04 Å². The molecule has 1 saturated heterocycles. The number of hydrogen-bond donors (Lipinski definition) is 1. The maximum absolute atomic E-state index is 5.79. The molecule has 3 heterocycles. The van der Waals surface area contributed by atoms with Crippen molar-refractivity contribution in [2.75, 3.05) is 4.90 Å². The minimum Gasteiger partial charge on any atom is -0.351 e. The summed E-state index contributed by atoms with van der Waals surface area (Å²) in [6.45, 7) is 0. The summed E-state index contributed by atoms with van der Waals surface area (Å²) in [5.41, 5.74) is 3.36. The van der Waals surface area contributed by atoms with Gasteiger partial charge < -0.3 is 14.8 Å². The standard InChI is InChI=1S/C23H23BrN4S/c24-17-8-10-19(11-9-17)28-22(16-12-14-27(15-16)18-5-1-2-6-18)21(26-23(28)29)20-7-3-4-13-25-20/h3-4,7-15,18,21-22H,1-2,5-6H2,(H,26,29)/t21-,22+/m1/s1. The van der Waals surface area contributed by atoms with Crippen LogP contribution in [-0.4, -0.2) is 14.7 Å². The van der Waals surface area contributed by atoms with Crippen LogP contribution in [0.15, 0.2) is 71.6 Å². The highest BCUT2D eigenvalue weighted by atomic mass is 79.9. The van der Waals surface area contributed by atoms with E-state index in [0.717, 1.165) is 21.0 Å². The van der Waals surface area contributed by atoms with Crippen molar-refractivity contribution >= 4 is 38.9 Å². The molecule has 2 atom stereocenters. The number of hydrogen-bond acceptors (Lipinski definition) is 2. The number of thiocarbonyl (C=S) groups is 1. The van der Waals surface area contributed by atoms with Gasteiger partial charge in [-0.3, -0.25) is 4.98 Å². The number of aromatic nitrogens is 2. The Bertz CT molecular complexity index is 995. The zero-order chi connectivity index (χ0) is 19.8. The summed E-state index contributed by atoms with van der Waals surface area (Å²) in [7, 11) is 0. The van der Waals surface area contributed by atoms with Gasteiger partial charge >= 0.3 is 0 Å². The third-order valence-corrected chi connectivity index (χ3v) is 6.87. The normalized spacial score (nSPS) is 22.2. The Labute approximate surface area is 185 Å². The zero-order valence-corrected chi connectivity index (χ0v) is 18.4. The van der Waals surface area contributed by atoms with E-state index >= 15 is 0 Å². The van der Waals surface area contributed by atoms with Crippen molar-refractivity contribution < 1.29 is 0 Å². The molecule has 29 heavy (non-hydrogen) atoms. The highest BCUT2D eigenvalue weighted by molar-refractivity contribution is 9.10. The van der Waals surface area contributed by atoms with Crippen molar-refractivity contribution in [2.45, 2.75) is 43.8 Å². The van der Waals surface area contributed by atoms with E-state index in [4.69, 9.17) is 12.2 Å². The minimum absolute atomic E-state index is 0.00627. The molecule has 3 aromatic rings. The van der Waals surface area contributed by atoms with Gasteiger partial charge in [-0.15, -0.1) is 0 Å². The molecule has 1 saturated carbocycles. The number of rotatable bonds is 4. The van der Waals surface area contributed by atoms with Gasteiger partial charge in [-0.25, -0.2) is 0 Å². The molecule has 2 fully saturated rings. The minimum atomic E-state index is 0.00627. The largest absolute Gasteiger partial charge is 0.351 e. The molecule has 0 radical (unpaired) electrons. The maximum Gasteiger partial charge on any atom is 0.174 e. The summed E-state index contributed by atoms with van der Waals surface area (Å²) < 4.78 is 3.46. The number of anilines is 1. The number of nitrogens with one attached hydrogen (secondary N) is 1. The predicted molar refractivity (Wildman–Crippen MR) is 124 cm³/mol. The first kappa shape index (κ1) is 18.8. The van der Waals surface area contributed by atoms with Gasteiger partial charge in [0.05, 0.1) is 17.8 Å². The van der Waals surface area contributed by atoms with Crippen LogP contribution in [0.1, 0.15) is 55.1 Å². The van der Waals surface area contributed by atoms with Gasteiger partial charge in [-0.05, 0) is 73.1 Å². The van der Waals surface area contributed by atoms with Crippen LogP contribution < -0.4 is 10.2 Å². The summed E-state index contributed by atoms with van der Waals surface area (Å²) in [6.07, 6.45) is 11.6. The smallest absolute Gasteiger partial charge is 0.174 e. The molecule has 0 unspecified atom stereocenters.